The van der Waals surface area contributed by atoms with E-state index >= 15 is 0 Å². The van der Waals surface area contributed by atoms with Crippen molar-refractivity contribution in [2.45, 2.75) is 0 Å². The lowest BCUT2D eigenvalue weighted by molar-refractivity contribution is 0.669. The summed E-state index contributed by atoms with van der Waals surface area (Å²) >= 11 is 0. The summed E-state index contributed by atoms with van der Waals surface area (Å²) in [5.74, 6) is 0. The van der Waals surface area contributed by atoms with E-state index in [4.69, 9.17) is 16.8 Å². The van der Waals surface area contributed by atoms with Crippen LogP contribution in [0.2, 0.25) is 0 Å². The van der Waals surface area contributed by atoms with E-state index in [1.165, 1.54) is 12.1 Å². The van der Waals surface area contributed by atoms with Crippen LogP contribution in [0.15, 0.2) is 222 Å². The molecule has 1 nitrogen and oxygen atoms in total. The lowest BCUT2D eigenvalue weighted by atomic mass is 9.85. The van der Waals surface area contributed by atoms with Gasteiger partial charge in [0.05, 0.1) is 17.8 Å². The second-order valence-electron chi connectivity index (χ2n) is 13.8. The summed E-state index contributed by atoms with van der Waals surface area (Å²) in [7, 11) is 0. The summed E-state index contributed by atoms with van der Waals surface area (Å²) in [5, 5.41) is 1.54. The molecule has 1 aromatic heterocycles. The number of furan rings is 1. The third-order valence-corrected chi connectivity index (χ3v) is 10.6. The van der Waals surface area contributed by atoms with Crippen molar-refractivity contribution in [1.82, 2.24) is 0 Å². The molecule has 0 radical (unpaired) electrons. The number of benzene rings is 10. The molecule has 0 aliphatic heterocycles. The second kappa shape index (κ2) is 13.7. The van der Waals surface area contributed by atoms with Gasteiger partial charge in [-0.3, -0.25) is 0 Å². The van der Waals surface area contributed by atoms with E-state index < -0.39 is 78.6 Å². The third-order valence-electron chi connectivity index (χ3n) is 10.6. The minimum atomic E-state index is -0.546. The molecule has 0 unspecified atom stereocenters. The highest BCUT2D eigenvalue weighted by atomic mass is 16.3. The van der Waals surface area contributed by atoms with Gasteiger partial charge in [-0.05, 0) is 107 Å². The van der Waals surface area contributed by atoms with Crippen LogP contribution in [0.3, 0.4) is 0 Å². The second-order valence-corrected chi connectivity index (χ2v) is 13.8. The predicted octanol–water partition coefficient (Wildman–Crippen LogP) is 15.9. The highest BCUT2D eigenvalue weighted by molar-refractivity contribution is 6.22. The van der Waals surface area contributed by atoms with E-state index in [2.05, 4.69) is 48.5 Å². The van der Waals surface area contributed by atoms with Crippen molar-refractivity contribution in [1.29, 1.82) is 0 Å². The van der Waals surface area contributed by atoms with Crippen molar-refractivity contribution in [3.8, 4) is 66.8 Å². The van der Waals surface area contributed by atoms with E-state index in [1.54, 1.807) is 24.3 Å². The summed E-state index contributed by atoms with van der Waals surface area (Å²) in [4.78, 5) is 0. The Morgan fingerprint density at radius 1 is 0.298 bits per heavy atom. The van der Waals surface area contributed by atoms with Gasteiger partial charge in [-0.2, -0.15) is 0 Å². The smallest absolute Gasteiger partial charge is 0.136 e. The molecule has 0 saturated carbocycles. The van der Waals surface area contributed by atoms with Gasteiger partial charge < -0.3 is 4.42 Å². The fraction of sp³-hybridized carbons (Fsp3) is 0. The lowest BCUT2D eigenvalue weighted by Crippen LogP contribution is -1.91. The maximum atomic E-state index is 9.51. The Bertz CT molecular complexity index is 3900. The maximum Gasteiger partial charge on any atom is 0.136 e. The zero-order chi connectivity index (χ0) is 49.0. The van der Waals surface area contributed by atoms with Crippen LogP contribution in [0.5, 0.6) is 0 Å². The van der Waals surface area contributed by atoms with Crippen LogP contribution in [-0.2, 0) is 0 Å². The fourth-order valence-corrected chi connectivity index (χ4v) is 8.05. The molecule has 11 aromatic rings. The van der Waals surface area contributed by atoms with Crippen molar-refractivity contribution in [2.24, 2.45) is 0 Å². The SMILES string of the molecule is [2H]c1c([2H])c([2H])c(-c2ccc(-c3c4c([2H])c([2H])c([2H])c([2H])c4c(-c4ccc5oc6cccc(-c7ccccc7-c7ccc(-c8ccccc8)cc7)c6c5c4)c4c([2H])c([2H])c([2H])c([2H])c34)cc2)c([2H])c1[2H]. The molecule has 0 bridgehead atoms. The van der Waals surface area contributed by atoms with Crippen molar-refractivity contribution < 1.29 is 22.2 Å². The van der Waals surface area contributed by atoms with Crippen LogP contribution in [0.25, 0.3) is 110 Å². The minimum absolute atomic E-state index is 0.0131. The van der Waals surface area contributed by atoms with Crippen LogP contribution in [0.4, 0.5) is 0 Å². The molecular weight excluding hydrogens is 689 g/mol. The van der Waals surface area contributed by atoms with Gasteiger partial charge in [0, 0.05) is 10.8 Å². The molecule has 0 fully saturated rings. The molecule has 1 heteroatoms. The molecule has 1 heterocycles. The van der Waals surface area contributed by atoms with Gasteiger partial charge in [-0.25, -0.2) is 0 Å². The fourth-order valence-electron chi connectivity index (χ4n) is 8.05. The van der Waals surface area contributed by atoms with Gasteiger partial charge in [0.2, 0.25) is 0 Å². The number of fused-ring (bicyclic) bond motifs is 5. The lowest BCUT2D eigenvalue weighted by Gasteiger charge is -2.18. The van der Waals surface area contributed by atoms with Crippen LogP contribution in [0.1, 0.15) is 17.8 Å². The summed E-state index contributed by atoms with van der Waals surface area (Å²) in [6.45, 7) is 0. The summed E-state index contributed by atoms with van der Waals surface area (Å²) in [6, 6.07) is 37.8. The molecule has 0 aliphatic carbocycles. The molecule has 10 aromatic carbocycles. The highest BCUT2D eigenvalue weighted by Crippen LogP contribution is 2.46. The Balaban J connectivity index is 1.18. The van der Waals surface area contributed by atoms with E-state index in [-0.39, 0.29) is 43.8 Å². The van der Waals surface area contributed by atoms with E-state index in [0.29, 0.717) is 27.7 Å². The number of hydrogen-bond donors (Lipinski definition) is 0. The predicted molar refractivity (Wildman–Crippen MR) is 241 cm³/mol. The first-order valence-electron chi connectivity index (χ1n) is 25.0. The summed E-state index contributed by atoms with van der Waals surface area (Å²) in [5.41, 5.74) is 8.38. The van der Waals surface area contributed by atoms with Crippen molar-refractivity contribution in [3.05, 3.63) is 218 Å². The van der Waals surface area contributed by atoms with E-state index in [1.807, 2.05) is 54.6 Å². The molecule has 0 saturated heterocycles. The van der Waals surface area contributed by atoms with Crippen molar-refractivity contribution in [3.63, 3.8) is 0 Å². The molecular formula is C56H36O. The van der Waals surface area contributed by atoms with Crippen molar-refractivity contribution >= 4 is 43.5 Å². The molecule has 0 amide bonds. The Morgan fingerprint density at radius 2 is 0.789 bits per heavy atom. The first kappa shape index (κ1) is 22.2. The Labute approximate surface area is 350 Å². The molecule has 0 aliphatic rings. The van der Waals surface area contributed by atoms with Gasteiger partial charge in [0.25, 0.3) is 0 Å². The molecule has 0 atom stereocenters. The van der Waals surface area contributed by atoms with Crippen LogP contribution >= 0.6 is 0 Å². The summed E-state index contributed by atoms with van der Waals surface area (Å²) < 4.78 is 122. The topological polar surface area (TPSA) is 13.1 Å². The first-order chi connectivity index (χ1) is 33.7. The summed E-state index contributed by atoms with van der Waals surface area (Å²) in [6.07, 6.45) is 0. The molecule has 266 valence electrons. The Kier molecular flexibility index (Phi) is 5.32. The van der Waals surface area contributed by atoms with Crippen LogP contribution in [0, 0.1) is 0 Å². The standard InChI is InChI=1S/C56H36O/c1-3-14-37(15-4-1)39-26-30-41(31-27-39)44-18-7-8-19-45(44)46-24-13-25-53-56(46)51-36-43(34-35-52(51)57-53)55-49-22-11-9-20-47(49)54(48-21-10-12-23-50(48)55)42-32-28-40(29-33-42)38-16-5-2-6-17-38/h1-36H/i2D,5D,6D,9D,10D,11D,12D,16D,17D,20D,21D,22D,23D. The first-order valence-corrected chi connectivity index (χ1v) is 18.5. The minimum Gasteiger partial charge on any atom is -0.456 e. The average molecular weight is 738 g/mol. The molecule has 11 rings (SSSR count). The van der Waals surface area contributed by atoms with Crippen LogP contribution < -0.4 is 0 Å². The average Bonchev–Trinajstić information content (AvgIpc) is 3.77. The van der Waals surface area contributed by atoms with Gasteiger partial charge in [-0.1, -0.05) is 200 Å². The van der Waals surface area contributed by atoms with Crippen LogP contribution in [-0.4, -0.2) is 0 Å². The zero-order valence-electron chi connectivity index (χ0n) is 43.2. The maximum absolute atomic E-state index is 9.51. The molecule has 0 N–H and O–H groups in total. The van der Waals surface area contributed by atoms with Crippen molar-refractivity contribution in [2.75, 3.05) is 0 Å². The monoisotopic (exact) mass is 737 g/mol. The normalized spacial score (nSPS) is 14.7. The largest absolute Gasteiger partial charge is 0.456 e. The van der Waals surface area contributed by atoms with E-state index in [9.17, 15) is 5.48 Å². The molecule has 0 spiro atoms. The number of hydrogen-bond acceptors (Lipinski definition) is 1. The Morgan fingerprint density at radius 3 is 1.46 bits per heavy atom. The number of rotatable bonds is 6. The van der Waals surface area contributed by atoms with Gasteiger partial charge in [0.1, 0.15) is 11.2 Å². The Hall–Kier alpha value is -7.48. The van der Waals surface area contributed by atoms with Gasteiger partial charge in [0.15, 0.2) is 0 Å². The van der Waals surface area contributed by atoms with Gasteiger partial charge >= 0.3 is 0 Å². The highest BCUT2D eigenvalue weighted by Gasteiger charge is 2.20. The van der Waals surface area contributed by atoms with E-state index in [0.717, 1.165) is 38.8 Å². The zero-order valence-corrected chi connectivity index (χ0v) is 30.2. The van der Waals surface area contributed by atoms with Gasteiger partial charge in [-0.15, -0.1) is 0 Å². The third kappa shape index (κ3) is 5.63. The molecule has 57 heavy (non-hydrogen) atoms. The quantitative estimate of drug-likeness (QED) is 0.155.